The van der Waals surface area contributed by atoms with Crippen molar-refractivity contribution >= 4 is 16.9 Å². The van der Waals surface area contributed by atoms with Crippen molar-refractivity contribution in [2.45, 2.75) is 18.2 Å². The second-order valence-corrected chi connectivity index (χ2v) is 5.17. The summed E-state index contributed by atoms with van der Waals surface area (Å²) >= 11 is 0. The van der Waals surface area contributed by atoms with E-state index in [9.17, 15) is 18.3 Å². The smallest absolute Gasteiger partial charge is 0.376 e. The quantitative estimate of drug-likeness (QED) is 0.744. The molecule has 0 bridgehead atoms. The van der Waals surface area contributed by atoms with Crippen molar-refractivity contribution in [3.8, 4) is 0 Å². The zero-order chi connectivity index (χ0) is 17.2. The first-order valence-corrected chi connectivity index (χ1v) is 7.06. The zero-order valence-corrected chi connectivity index (χ0v) is 12.3. The Kier molecular flexibility index (Phi) is 4.10. The van der Waals surface area contributed by atoms with Crippen molar-refractivity contribution in [3.05, 3.63) is 48.4 Å². The molecule has 126 valence electrons. The number of benzene rings is 1. The Balaban J connectivity index is 1.79. The number of aliphatic hydroxyl groups is 1. The number of aromatic nitrogens is 3. The summed E-state index contributed by atoms with van der Waals surface area (Å²) in [7, 11) is 0. The maximum Gasteiger partial charge on any atom is 0.421 e. The van der Waals surface area contributed by atoms with Gasteiger partial charge in [0.05, 0.1) is 6.20 Å². The van der Waals surface area contributed by atoms with E-state index < -0.39 is 18.2 Å². The van der Waals surface area contributed by atoms with Crippen LogP contribution in [-0.2, 0) is 5.60 Å². The molecule has 0 fully saturated rings. The van der Waals surface area contributed by atoms with Crippen LogP contribution < -0.4 is 5.32 Å². The van der Waals surface area contributed by atoms with Crippen molar-refractivity contribution in [1.29, 1.82) is 0 Å². The minimum absolute atomic E-state index is 0.164. The molecule has 0 unspecified atom stereocenters. The Morgan fingerprint density at radius 3 is 2.58 bits per heavy atom. The maximum atomic E-state index is 13.4. The van der Waals surface area contributed by atoms with Crippen LogP contribution in [-0.4, -0.2) is 33.0 Å². The highest BCUT2D eigenvalue weighted by Gasteiger charge is 2.54. The minimum atomic E-state index is -4.81. The summed E-state index contributed by atoms with van der Waals surface area (Å²) in [4.78, 5) is 7.78. The van der Waals surface area contributed by atoms with Crippen molar-refractivity contribution in [2.24, 2.45) is 0 Å². The van der Waals surface area contributed by atoms with E-state index in [4.69, 9.17) is 4.52 Å². The third-order valence-electron chi connectivity index (χ3n) is 3.67. The topological polar surface area (TPSA) is 84.1 Å². The van der Waals surface area contributed by atoms with Gasteiger partial charge in [-0.3, -0.25) is 0 Å². The van der Waals surface area contributed by atoms with Crippen molar-refractivity contribution in [1.82, 2.24) is 15.1 Å². The van der Waals surface area contributed by atoms with Gasteiger partial charge in [-0.05, 0) is 5.56 Å². The Labute approximate surface area is 134 Å². The summed E-state index contributed by atoms with van der Waals surface area (Å²) in [5, 5.41) is 17.0. The molecule has 3 rings (SSSR count). The van der Waals surface area contributed by atoms with E-state index in [-0.39, 0.29) is 17.8 Å². The number of anilines is 1. The van der Waals surface area contributed by atoms with Crippen LogP contribution in [0, 0.1) is 0 Å². The summed E-state index contributed by atoms with van der Waals surface area (Å²) in [5.74, 6) is 0.291. The van der Waals surface area contributed by atoms with Gasteiger partial charge in [0.2, 0.25) is 0 Å². The highest BCUT2D eigenvalue weighted by atomic mass is 19.4. The van der Waals surface area contributed by atoms with E-state index >= 15 is 0 Å². The zero-order valence-electron chi connectivity index (χ0n) is 12.3. The number of fused-ring (bicyclic) bond motifs is 1. The molecule has 0 saturated heterocycles. The molecule has 2 aromatic heterocycles. The second-order valence-electron chi connectivity index (χ2n) is 5.17. The Morgan fingerprint density at radius 1 is 1.12 bits per heavy atom. The fourth-order valence-corrected chi connectivity index (χ4v) is 2.36. The number of halogens is 3. The lowest BCUT2D eigenvalue weighted by atomic mass is 9.89. The predicted molar refractivity (Wildman–Crippen MR) is 79.1 cm³/mol. The third-order valence-corrected chi connectivity index (χ3v) is 3.67. The first-order chi connectivity index (χ1) is 11.4. The molecule has 0 radical (unpaired) electrons. The fraction of sp³-hybridized carbons (Fsp3) is 0.267. The highest BCUT2D eigenvalue weighted by molar-refractivity contribution is 5.84. The van der Waals surface area contributed by atoms with Gasteiger partial charge in [0.25, 0.3) is 5.71 Å². The molecule has 0 aliphatic rings. The van der Waals surface area contributed by atoms with Gasteiger partial charge in [-0.1, -0.05) is 35.5 Å². The second kappa shape index (κ2) is 6.08. The van der Waals surface area contributed by atoms with Crippen LogP contribution in [0.3, 0.4) is 0 Å². The lowest BCUT2D eigenvalue weighted by Crippen LogP contribution is -2.43. The van der Waals surface area contributed by atoms with Gasteiger partial charge in [-0.25, -0.2) is 4.98 Å². The molecule has 3 aromatic rings. The van der Waals surface area contributed by atoms with E-state index in [1.807, 2.05) is 0 Å². The molecule has 6 nitrogen and oxygen atoms in total. The van der Waals surface area contributed by atoms with E-state index in [0.717, 1.165) is 0 Å². The van der Waals surface area contributed by atoms with E-state index in [0.29, 0.717) is 11.2 Å². The molecular weight excluding hydrogens is 325 g/mol. The molecule has 2 heterocycles. The number of nitrogens with zero attached hydrogens (tertiary/aromatic N) is 3. The molecule has 24 heavy (non-hydrogen) atoms. The molecule has 0 saturated carbocycles. The molecule has 0 spiro atoms. The number of alkyl halides is 3. The van der Waals surface area contributed by atoms with Crippen LogP contribution in [0.5, 0.6) is 0 Å². The van der Waals surface area contributed by atoms with Crippen LogP contribution >= 0.6 is 0 Å². The first-order valence-electron chi connectivity index (χ1n) is 7.06. The standard InChI is InChI=1S/C15H13F3N4O2/c16-15(17,18)14(23,10-4-2-1-3-5-10)6-7-19-12-11-8-22-24-13(11)21-9-20-12/h1-5,8-9,23H,6-7H2,(H,19,20,21)/t14-/m1/s1. The molecule has 1 aromatic carbocycles. The minimum Gasteiger partial charge on any atom is -0.376 e. The lowest BCUT2D eigenvalue weighted by molar-refractivity contribution is -0.268. The van der Waals surface area contributed by atoms with Crippen LogP contribution in [0.4, 0.5) is 19.0 Å². The molecule has 0 aliphatic heterocycles. The monoisotopic (exact) mass is 338 g/mol. The number of hydrogen-bond acceptors (Lipinski definition) is 6. The molecule has 1 atom stereocenters. The lowest BCUT2D eigenvalue weighted by Gasteiger charge is -2.31. The van der Waals surface area contributed by atoms with Crippen LogP contribution in [0.15, 0.2) is 47.4 Å². The predicted octanol–water partition coefficient (Wildman–Crippen LogP) is 2.87. The van der Waals surface area contributed by atoms with Gasteiger partial charge >= 0.3 is 6.18 Å². The van der Waals surface area contributed by atoms with Crippen molar-refractivity contribution in [2.75, 3.05) is 11.9 Å². The normalized spacial score (nSPS) is 14.5. The Hall–Kier alpha value is -2.68. The molecule has 0 amide bonds. The summed E-state index contributed by atoms with van der Waals surface area (Å²) < 4.78 is 45.0. The summed E-state index contributed by atoms with van der Waals surface area (Å²) in [5.41, 5.74) is -2.94. The van der Waals surface area contributed by atoms with E-state index in [1.54, 1.807) is 6.07 Å². The molecular formula is C15H13F3N4O2. The van der Waals surface area contributed by atoms with Gasteiger partial charge < -0.3 is 14.9 Å². The van der Waals surface area contributed by atoms with Crippen LogP contribution in [0.25, 0.3) is 11.1 Å². The third kappa shape index (κ3) is 2.90. The van der Waals surface area contributed by atoms with Gasteiger partial charge in [0.15, 0.2) is 5.60 Å². The number of rotatable bonds is 5. The van der Waals surface area contributed by atoms with Crippen molar-refractivity contribution in [3.63, 3.8) is 0 Å². The SMILES string of the molecule is O[C@](CCNc1ncnc2oncc12)(c1ccccc1)C(F)(F)F. The molecule has 0 aliphatic carbocycles. The summed E-state index contributed by atoms with van der Waals surface area (Å²) in [6.07, 6.45) is -2.82. The number of nitrogens with one attached hydrogen (secondary N) is 1. The Bertz CT molecular complexity index is 822. The van der Waals surface area contributed by atoms with Crippen LogP contribution in [0.1, 0.15) is 12.0 Å². The van der Waals surface area contributed by atoms with Gasteiger partial charge in [-0.2, -0.15) is 18.2 Å². The van der Waals surface area contributed by atoms with Gasteiger partial charge in [0.1, 0.15) is 17.5 Å². The summed E-state index contributed by atoms with van der Waals surface area (Å²) in [6, 6.07) is 6.98. The van der Waals surface area contributed by atoms with Gasteiger partial charge in [-0.15, -0.1) is 0 Å². The van der Waals surface area contributed by atoms with E-state index in [2.05, 4.69) is 20.4 Å². The maximum absolute atomic E-state index is 13.4. The fourth-order valence-electron chi connectivity index (χ4n) is 2.36. The van der Waals surface area contributed by atoms with Gasteiger partial charge in [0, 0.05) is 13.0 Å². The average Bonchev–Trinajstić information content (AvgIpc) is 3.04. The average molecular weight is 338 g/mol. The van der Waals surface area contributed by atoms with Crippen LogP contribution in [0.2, 0.25) is 0 Å². The molecule has 2 N–H and O–H groups in total. The molecule has 9 heteroatoms. The van der Waals surface area contributed by atoms with E-state index in [1.165, 1.54) is 36.8 Å². The largest absolute Gasteiger partial charge is 0.421 e. The van der Waals surface area contributed by atoms with Crippen molar-refractivity contribution < 1.29 is 22.8 Å². The first kappa shape index (κ1) is 16.2. The summed E-state index contributed by atoms with van der Waals surface area (Å²) in [6.45, 7) is -0.164. The highest BCUT2D eigenvalue weighted by Crippen LogP contribution is 2.41. The Morgan fingerprint density at radius 2 is 1.88 bits per heavy atom. The number of hydrogen-bond donors (Lipinski definition) is 2.